The second kappa shape index (κ2) is 6.13. The molecule has 0 atom stereocenters. The number of carbonyl (C=O) groups is 1. The third-order valence-electron chi connectivity index (χ3n) is 4.23. The number of thiophene rings is 1. The number of hydrogen-bond donors (Lipinski definition) is 2. The smallest absolute Gasteiger partial charge is 0.346 e. The van der Waals surface area contributed by atoms with Crippen molar-refractivity contribution in [2.45, 2.75) is 25.4 Å². The summed E-state index contributed by atoms with van der Waals surface area (Å²) < 4.78 is 1.06. The lowest BCUT2D eigenvalue weighted by molar-refractivity contribution is 0.0699. The summed E-state index contributed by atoms with van der Waals surface area (Å²) in [6.45, 7) is 2.80. The first-order valence-corrected chi connectivity index (χ1v) is 8.13. The number of nitrogens with zero attached hydrogens (tertiary/aromatic N) is 1. The highest BCUT2D eigenvalue weighted by Crippen LogP contribution is 2.32. The number of fused-ring (bicyclic) bond motifs is 1. The van der Waals surface area contributed by atoms with Crippen LogP contribution in [0.15, 0.2) is 24.3 Å². The maximum absolute atomic E-state index is 11.5. The Morgan fingerprint density at radius 2 is 2.10 bits per heavy atom. The van der Waals surface area contributed by atoms with Crippen molar-refractivity contribution in [3.63, 3.8) is 0 Å². The van der Waals surface area contributed by atoms with Crippen LogP contribution in [0, 0.1) is 0 Å². The van der Waals surface area contributed by atoms with Gasteiger partial charge in [0.25, 0.3) is 0 Å². The lowest BCUT2D eigenvalue weighted by Crippen LogP contribution is -2.40. The van der Waals surface area contributed by atoms with Gasteiger partial charge in [0.05, 0.1) is 0 Å². The maximum Gasteiger partial charge on any atom is 0.346 e. The minimum atomic E-state index is -0.815. The number of carboxylic acid groups (broad SMARTS) is 1. The fourth-order valence-corrected chi connectivity index (χ4v) is 4.11. The van der Waals surface area contributed by atoms with Gasteiger partial charge in [-0.15, -0.1) is 11.3 Å². The molecule has 0 radical (unpaired) electrons. The van der Waals surface area contributed by atoms with E-state index in [9.17, 15) is 9.90 Å². The molecule has 0 bridgehead atoms. The van der Waals surface area contributed by atoms with E-state index in [1.165, 1.54) is 11.3 Å². The Morgan fingerprint density at radius 3 is 2.81 bits per heavy atom. The van der Waals surface area contributed by atoms with E-state index in [0.29, 0.717) is 17.5 Å². The molecule has 1 aliphatic heterocycles. The van der Waals surface area contributed by atoms with Crippen LogP contribution in [0.4, 0.5) is 0 Å². The fourth-order valence-electron chi connectivity index (χ4n) is 3.05. The van der Waals surface area contributed by atoms with E-state index in [1.54, 1.807) is 0 Å². The average Bonchev–Trinajstić information content (AvgIpc) is 2.87. The lowest BCUT2D eigenvalue weighted by atomic mass is 10.0. The van der Waals surface area contributed by atoms with Gasteiger partial charge in [-0.1, -0.05) is 18.2 Å². The van der Waals surface area contributed by atoms with Gasteiger partial charge in [0.1, 0.15) is 4.88 Å². The molecule has 1 fully saturated rings. The van der Waals surface area contributed by atoms with Crippen LogP contribution in [-0.4, -0.2) is 42.2 Å². The van der Waals surface area contributed by atoms with Gasteiger partial charge in [-0.25, -0.2) is 4.79 Å². The van der Waals surface area contributed by atoms with Crippen LogP contribution in [0.25, 0.3) is 10.1 Å². The molecule has 2 heterocycles. The van der Waals surface area contributed by atoms with Crippen molar-refractivity contribution in [1.29, 1.82) is 0 Å². The van der Waals surface area contributed by atoms with E-state index in [1.807, 2.05) is 24.3 Å². The Morgan fingerprint density at radius 1 is 1.38 bits per heavy atom. The minimum Gasteiger partial charge on any atom is -0.477 e. The van der Waals surface area contributed by atoms with Crippen molar-refractivity contribution in [2.24, 2.45) is 0 Å². The third-order valence-corrected chi connectivity index (χ3v) is 5.43. The SMILES string of the molecule is CN(Cc1c(C(=O)O)sc2ccccc12)C1CCNCC1. The zero-order chi connectivity index (χ0) is 14.8. The number of aromatic carboxylic acids is 1. The molecule has 112 valence electrons. The Hall–Kier alpha value is -1.43. The average molecular weight is 304 g/mol. The van der Waals surface area contributed by atoms with Crippen LogP contribution >= 0.6 is 11.3 Å². The van der Waals surface area contributed by atoms with Crippen molar-refractivity contribution >= 4 is 27.4 Å². The summed E-state index contributed by atoms with van der Waals surface area (Å²) in [6.07, 6.45) is 2.25. The largest absolute Gasteiger partial charge is 0.477 e. The van der Waals surface area contributed by atoms with Gasteiger partial charge in [-0.3, -0.25) is 4.90 Å². The van der Waals surface area contributed by atoms with E-state index in [2.05, 4.69) is 17.3 Å². The number of benzene rings is 1. The molecule has 0 amide bonds. The number of rotatable bonds is 4. The van der Waals surface area contributed by atoms with E-state index < -0.39 is 5.97 Å². The lowest BCUT2D eigenvalue weighted by Gasteiger charge is -2.31. The highest BCUT2D eigenvalue weighted by molar-refractivity contribution is 7.21. The molecule has 5 heteroatoms. The third kappa shape index (κ3) is 2.95. The van der Waals surface area contributed by atoms with E-state index in [4.69, 9.17) is 0 Å². The highest BCUT2D eigenvalue weighted by atomic mass is 32.1. The zero-order valence-corrected chi connectivity index (χ0v) is 12.9. The summed E-state index contributed by atoms with van der Waals surface area (Å²) in [5.74, 6) is -0.815. The van der Waals surface area contributed by atoms with E-state index in [0.717, 1.165) is 41.6 Å². The summed E-state index contributed by atoms with van der Waals surface area (Å²) in [6, 6.07) is 8.51. The molecular formula is C16H20N2O2S. The van der Waals surface area contributed by atoms with Gasteiger partial charge >= 0.3 is 5.97 Å². The van der Waals surface area contributed by atoms with Crippen molar-refractivity contribution in [1.82, 2.24) is 10.2 Å². The Bertz CT molecular complexity index is 647. The summed E-state index contributed by atoms with van der Waals surface area (Å²) in [5.41, 5.74) is 0.962. The predicted octanol–water partition coefficient (Wildman–Crippen LogP) is 2.78. The molecule has 1 aromatic carbocycles. The van der Waals surface area contributed by atoms with Crippen LogP contribution in [0.3, 0.4) is 0 Å². The van der Waals surface area contributed by atoms with Gasteiger partial charge < -0.3 is 10.4 Å². The van der Waals surface area contributed by atoms with Gasteiger partial charge in [-0.05, 0) is 50.0 Å². The molecule has 1 aliphatic rings. The van der Waals surface area contributed by atoms with E-state index >= 15 is 0 Å². The Balaban J connectivity index is 1.91. The first-order valence-electron chi connectivity index (χ1n) is 7.31. The second-order valence-electron chi connectivity index (χ2n) is 5.61. The Labute approximate surface area is 128 Å². The van der Waals surface area contributed by atoms with Crippen LogP contribution in [0.5, 0.6) is 0 Å². The van der Waals surface area contributed by atoms with Crippen molar-refractivity contribution in [3.05, 3.63) is 34.7 Å². The molecule has 0 unspecified atom stereocenters. The number of hydrogen-bond acceptors (Lipinski definition) is 4. The highest BCUT2D eigenvalue weighted by Gasteiger charge is 2.22. The molecule has 1 aromatic heterocycles. The van der Waals surface area contributed by atoms with Crippen LogP contribution in [0.1, 0.15) is 28.1 Å². The maximum atomic E-state index is 11.5. The Kier molecular flexibility index (Phi) is 4.24. The standard InChI is InChI=1S/C16H20N2O2S/c1-18(11-6-8-17-9-7-11)10-13-12-4-2-3-5-14(12)21-15(13)16(19)20/h2-5,11,17H,6-10H2,1H3,(H,19,20). The van der Waals surface area contributed by atoms with Crippen molar-refractivity contribution in [2.75, 3.05) is 20.1 Å². The normalized spacial score (nSPS) is 16.7. The summed E-state index contributed by atoms with van der Waals surface area (Å²) in [4.78, 5) is 14.3. The molecule has 1 saturated heterocycles. The van der Waals surface area contributed by atoms with Crippen molar-refractivity contribution in [3.8, 4) is 0 Å². The zero-order valence-electron chi connectivity index (χ0n) is 12.1. The molecule has 0 spiro atoms. The molecule has 21 heavy (non-hydrogen) atoms. The second-order valence-corrected chi connectivity index (χ2v) is 6.66. The predicted molar refractivity (Wildman–Crippen MR) is 86.1 cm³/mol. The molecule has 3 rings (SSSR count). The number of carboxylic acids is 1. The summed E-state index contributed by atoms with van der Waals surface area (Å²) in [7, 11) is 2.11. The van der Waals surface area contributed by atoms with Crippen molar-refractivity contribution < 1.29 is 9.90 Å². The van der Waals surface area contributed by atoms with E-state index in [-0.39, 0.29) is 0 Å². The summed E-state index contributed by atoms with van der Waals surface area (Å²) in [5, 5.41) is 13.9. The van der Waals surface area contributed by atoms with Gasteiger partial charge in [0.2, 0.25) is 0 Å². The quantitative estimate of drug-likeness (QED) is 0.912. The first kappa shape index (κ1) is 14.5. The molecular weight excluding hydrogens is 284 g/mol. The number of nitrogens with one attached hydrogen (secondary N) is 1. The molecule has 0 aliphatic carbocycles. The summed E-state index contributed by atoms with van der Waals surface area (Å²) >= 11 is 1.38. The fraction of sp³-hybridized carbons (Fsp3) is 0.438. The topological polar surface area (TPSA) is 52.6 Å². The molecule has 2 aromatic rings. The van der Waals surface area contributed by atoms with Gasteiger partial charge in [-0.2, -0.15) is 0 Å². The first-order chi connectivity index (χ1) is 10.2. The van der Waals surface area contributed by atoms with Crippen LogP contribution < -0.4 is 5.32 Å². The minimum absolute atomic E-state index is 0.483. The van der Waals surface area contributed by atoms with Crippen LogP contribution in [-0.2, 0) is 6.54 Å². The molecule has 0 saturated carbocycles. The molecule has 2 N–H and O–H groups in total. The van der Waals surface area contributed by atoms with Crippen LogP contribution in [0.2, 0.25) is 0 Å². The van der Waals surface area contributed by atoms with Gasteiger partial charge in [0, 0.05) is 17.3 Å². The number of piperidine rings is 1. The monoisotopic (exact) mass is 304 g/mol. The molecule has 4 nitrogen and oxygen atoms in total. The van der Waals surface area contributed by atoms with Gasteiger partial charge in [0.15, 0.2) is 0 Å².